The van der Waals surface area contributed by atoms with E-state index in [9.17, 15) is 4.57 Å². The van der Waals surface area contributed by atoms with Crippen LogP contribution in [0.2, 0.25) is 0 Å². The van der Waals surface area contributed by atoms with Gasteiger partial charge in [0.15, 0.2) is 0 Å². The zero-order valence-electron chi connectivity index (χ0n) is 13.8. The Morgan fingerprint density at radius 1 is 1.08 bits per heavy atom. The predicted molar refractivity (Wildman–Crippen MR) is 107 cm³/mol. The molecule has 0 spiro atoms. The zero-order chi connectivity index (χ0) is 17.3. The molecule has 3 rings (SSSR count). The standard InChI is InChI=1S/C18H19INO3P/c1-20(2)15-11-9-13(10-12-15)17-16(19)18(24(21,22-3)23-17)14-7-5-4-6-8-14/h4-12,17H,1-3H3. The average molecular weight is 455 g/mol. The van der Waals surface area contributed by atoms with Crippen molar-refractivity contribution in [2.75, 3.05) is 26.1 Å². The van der Waals surface area contributed by atoms with Crippen LogP contribution in [0.3, 0.4) is 0 Å². The van der Waals surface area contributed by atoms with Crippen molar-refractivity contribution in [1.29, 1.82) is 0 Å². The second kappa shape index (κ2) is 7.00. The molecule has 0 bridgehead atoms. The van der Waals surface area contributed by atoms with Gasteiger partial charge in [-0.2, -0.15) is 0 Å². The number of anilines is 1. The van der Waals surface area contributed by atoms with Crippen LogP contribution in [0.15, 0.2) is 58.2 Å². The molecular weight excluding hydrogens is 436 g/mol. The fourth-order valence-electron chi connectivity index (χ4n) is 2.67. The summed E-state index contributed by atoms with van der Waals surface area (Å²) in [7, 11) is 2.10. The summed E-state index contributed by atoms with van der Waals surface area (Å²) in [5, 5.41) is 0.660. The van der Waals surface area contributed by atoms with Crippen LogP contribution in [0.1, 0.15) is 17.2 Å². The van der Waals surface area contributed by atoms with Gasteiger partial charge >= 0.3 is 7.60 Å². The van der Waals surface area contributed by atoms with E-state index in [0.717, 1.165) is 20.4 Å². The first-order chi connectivity index (χ1) is 11.5. The molecule has 4 nitrogen and oxygen atoms in total. The van der Waals surface area contributed by atoms with Gasteiger partial charge in [0, 0.05) is 30.5 Å². The van der Waals surface area contributed by atoms with Crippen molar-refractivity contribution in [3.63, 3.8) is 0 Å². The zero-order valence-corrected chi connectivity index (χ0v) is 16.8. The molecule has 0 fully saturated rings. The van der Waals surface area contributed by atoms with Crippen LogP contribution < -0.4 is 4.90 Å². The first-order valence-electron chi connectivity index (χ1n) is 7.53. The van der Waals surface area contributed by atoms with Crippen LogP contribution in [0.5, 0.6) is 0 Å². The first-order valence-corrected chi connectivity index (χ1v) is 10.2. The summed E-state index contributed by atoms with van der Waals surface area (Å²) in [5.74, 6) is 0. The minimum absolute atomic E-state index is 0.372. The van der Waals surface area contributed by atoms with Gasteiger partial charge in [-0.3, -0.25) is 9.09 Å². The minimum Gasteiger partial charge on any atom is -0.378 e. The van der Waals surface area contributed by atoms with Crippen LogP contribution in [0, 0.1) is 0 Å². The Balaban J connectivity index is 2.05. The highest BCUT2D eigenvalue weighted by Crippen LogP contribution is 2.71. The number of rotatable bonds is 4. The molecule has 2 unspecified atom stereocenters. The van der Waals surface area contributed by atoms with E-state index in [2.05, 4.69) is 22.6 Å². The number of hydrogen-bond donors (Lipinski definition) is 0. The third kappa shape index (κ3) is 3.18. The fourth-order valence-corrected chi connectivity index (χ4v) is 6.28. The van der Waals surface area contributed by atoms with Gasteiger partial charge in [0.1, 0.15) is 6.10 Å². The molecule has 0 aliphatic carbocycles. The van der Waals surface area contributed by atoms with E-state index in [4.69, 9.17) is 9.05 Å². The fraction of sp³-hybridized carbons (Fsp3) is 0.222. The van der Waals surface area contributed by atoms with E-state index in [1.54, 1.807) is 0 Å². The maximum absolute atomic E-state index is 13.2. The third-order valence-corrected chi connectivity index (χ3v) is 7.52. The van der Waals surface area contributed by atoms with Gasteiger partial charge in [-0.15, -0.1) is 0 Å². The van der Waals surface area contributed by atoms with Crippen molar-refractivity contribution in [2.45, 2.75) is 6.10 Å². The Hall–Kier alpha value is -1.14. The van der Waals surface area contributed by atoms with E-state index in [-0.39, 0.29) is 6.10 Å². The Morgan fingerprint density at radius 2 is 1.71 bits per heavy atom. The smallest absolute Gasteiger partial charge is 0.363 e. The SMILES string of the molecule is COP1(=O)OC(c2ccc(N(C)C)cc2)C(I)=C1c1ccccc1. The summed E-state index contributed by atoms with van der Waals surface area (Å²) in [6, 6.07) is 17.7. The molecule has 0 saturated carbocycles. The van der Waals surface area contributed by atoms with E-state index in [0.29, 0.717) is 5.31 Å². The lowest BCUT2D eigenvalue weighted by Gasteiger charge is -2.17. The Labute approximate surface area is 156 Å². The molecule has 0 N–H and O–H groups in total. The number of hydrogen-bond acceptors (Lipinski definition) is 4. The monoisotopic (exact) mass is 455 g/mol. The molecule has 1 aliphatic heterocycles. The van der Waals surface area contributed by atoms with Crippen LogP contribution in [0.4, 0.5) is 5.69 Å². The molecule has 6 heteroatoms. The molecule has 24 heavy (non-hydrogen) atoms. The van der Waals surface area contributed by atoms with Gasteiger partial charge in [0.2, 0.25) is 0 Å². The van der Waals surface area contributed by atoms with Gasteiger partial charge < -0.3 is 9.42 Å². The lowest BCUT2D eigenvalue weighted by Crippen LogP contribution is -2.08. The van der Waals surface area contributed by atoms with Gasteiger partial charge in [-0.1, -0.05) is 42.5 Å². The number of nitrogens with zero attached hydrogens (tertiary/aromatic N) is 1. The van der Waals surface area contributed by atoms with Gasteiger partial charge in [-0.25, -0.2) is 0 Å². The van der Waals surface area contributed by atoms with Crippen molar-refractivity contribution in [2.24, 2.45) is 0 Å². The highest BCUT2D eigenvalue weighted by molar-refractivity contribution is 14.1. The Morgan fingerprint density at radius 3 is 2.25 bits per heavy atom. The molecule has 0 aromatic heterocycles. The third-order valence-electron chi connectivity index (χ3n) is 3.97. The molecule has 2 aromatic rings. The topological polar surface area (TPSA) is 38.8 Å². The molecule has 126 valence electrons. The van der Waals surface area contributed by atoms with Gasteiger partial charge in [-0.05, 0) is 45.9 Å². The summed E-state index contributed by atoms with van der Waals surface area (Å²) in [6.07, 6.45) is -0.372. The summed E-state index contributed by atoms with van der Waals surface area (Å²) >= 11 is 2.23. The van der Waals surface area contributed by atoms with Crippen molar-refractivity contribution in [3.05, 3.63) is 69.3 Å². The Kier molecular flexibility index (Phi) is 5.16. The summed E-state index contributed by atoms with van der Waals surface area (Å²) in [4.78, 5) is 2.04. The van der Waals surface area contributed by atoms with E-state index in [1.165, 1.54) is 7.11 Å². The van der Waals surface area contributed by atoms with Crippen molar-refractivity contribution < 1.29 is 13.6 Å². The van der Waals surface area contributed by atoms with Crippen LogP contribution in [0.25, 0.3) is 5.31 Å². The van der Waals surface area contributed by atoms with Gasteiger partial charge in [0.05, 0.1) is 5.31 Å². The number of halogens is 1. The predicted octanol–water partition coefficient (Wildman–Crippen LogP) is 5.47. The molecular formula is C18H19INO3P. The normalized spacial score (nSPS) is 23.6. The molecule has 1 aliphatic rings. The molecule has 0 saturated heterocycles. The Bertz CT molecular complexity index is 803. The average Bonchev–Trinajstić information content (AvgIpc) is 2.87. The van der Waals surface area contributed by atoms with Crippen molar-refractivity contribution in [1.82, 2.24) is 0 Å². The van der Waals surface area contributed by atoms with E-state index < -0.39 is 7.60 Å². The van der Waals surface area contributed by atoms with Crippen LogP contribution in [-0.2, 0) is 13.6 Å². The minimum atomic E-state index is -3.33. The van der Waals surface area contributed by atoms with Crippen molar-refractivity contribution in [3.8, 4) is 0 Å². The molecule has 1 heterocycles. The second-order valence-electron chi connectivity index (χ2n) is 5.71. The molecule has 2 aromatic carbocycles. The molecule has 0 radical (unpaired) electrons. The highest BCUT2D eigenvalue weighted by Gasteiger charge is 2.44. The maximum Gasteiger partial charge on any atom is 0.363 e. The van der Waals surface area contributed by atoms with E-state index in [1.807, 2.05) is 73.6 Å². The van der Waals surface area contributed by atoms with Crippen LogP contribution in [-0.4, -0.2) is 21.2 Å². The van der Waals surface area contributed by atoms with E-state index >= 15 is 0 Å². The lowest BCUT2D eigenvalue weighted by atomic mass is 10.1. The summed E-state index contributed by atoms with van der Waals surface area (Å²) in [5.41, 5.74) is 2.95. The summed E-state index contributed by atoms with van der Waals surface area (Å²) in [6.45, 7) is 0. The first kappa shape index (κ1) is 17.7. The molecule has 0 amide bonds. The molecule has 2 atom stereocenters. The van der Waals surface area contributed by atoms with Gasteiger partial charge in [0.25, 0.3) is 0 Å². The second-order valence-corrected chi connectivity index (χ2v) is 8.89. The van der Waals surface area contributed by atoms with Crippen molar-refractivity contribution >= 4 is 41.2 Å². The summed E-state index contributed by atoms with van der Waals surface area (Å²) < 4.78 is 25.3. The maximum atomic E-state index is 13.2. The quantitative estimate of drug-likeness (QED) is 0.453. The highest BCUT2D eigenvalue weighted by atomic mass is 127. The van der Waals surface area contributed by atoms with Crippen LogP contribution >= 0.6 is 30.2 Å². The number of benzene rings is 2. The lowest BCUT2D eigenvalue weighted by molar-refractivity contribution is 0.213. The largest absolute Gasteiger partial charge is 0.378 e.